The summed E-state index contributed by atoms with van der Waals surface area (Å²) >= 11 is 0. The minimum atomic E-state index is -2.95. The van der Waals surface area contributed by atoms with Crippen molar-refractivity contribution in [3.05, 3.63) is 12.5 Å². The van der Waals surface area contributed by atoms with Gasteiger partial charge in [-0.25, -0.2) is 18.4 Å². The molecular weight excluding hydrogens is 204 g/mol. The van der Waals surface area contributed by atoms with Crippen LogP contribution < -0.4 is 11.1 Å². The van der Waals surface area contributed by atoms with E-state index in [1.165, 1.54) is 18.8 Å². The van der Waals surface area contributed by atoms with E-state index in [4.69, 9.17) is 5.73 Å². The van der Waals surface area contributed by atoms with Gasteiger partial charge in [0.15, 0.2) is 5.82 Å². The Kier molecular flexibility index (Phi) is 3.23. The molecule has 14 heavy (non-hydrogen) atoms. The summed E-state index contributed by atoms with van der Waals surface area (Å²) in [6.07, 6.45) is 3.98. The first kappa shape index (κ1) is 10.7. The highest BCUT2D eigenvalue weighted by Crippen LogP contribution is 2.10. The van der Waals surface area contributed by atoms with Gasteiger partial charge >= 0.3 is 0 Å². The van der Waals surface area contributed by atoms with E-state index in [1.54, 1.807) is 0 Å². The summed E-state index contributed by atoms with van der Waals surface area (Å²) in [5, 5.41) is 2.81. The lowest BCUT2D eigenvalue weighted by atomic mass is 10.5. The van der Waals surface area contributed by atoms with E-state index in [0.717, 1.165) is 0 Å². The first-order valence-corrected chi connectivity index (χ1v) is 6.02. The standard InChI is InChI=1S/C7H12N4O2S/c1-14(12,13)3-2-10-7-6(8)4-9-5-11-7/h4-5H,2-3,8H2,1H3,(H,9,10,11). The van der Waals surface area contributed by atoms with Gasteiger partial charge in [0.25, 0.3) is 0 Å². The van der Waals surface area contributed by atoms with Crippen molar-refractivity contribution in [1.82, 2.24) is 9.97 Å². The number of nitrogen functional groups attached to an aromatic ring is 1. The maximum absolute atomic E-state index is 10.8. The zero-order valence-electron chi connectivity index (χ0n) is 7.77. The Hall–Kier alpha value is -1.37. The third-order valence-electron chi connectivity index (χ3n) is 1.51. The summed E-state index contributed by atoms with van der Waals surface area (Å²) in [4.78, 5) is 7.56. The van der Waals surface area contributed by atoms with Crippen molar-refractivity contribution in [2.45, 2.75) is 0 Å². The second-order valence-electron chi connectivity index (χ2n) is 2.88. The highest BCUT2D eigenvalue weighted by Gasteiger charge is 2.03. The summed E-state index contributed by atoms with van der Waals surface area (Å²) in [6.45, 7) is 0.292. The lowest BCUT2D eigenvalue weighted by molar-refractivity contribution is 0.602. The minimum absolute atomic E-state index is 0.0520. The van der Waals surface area contributed by atoms with Crippen molar-refractivity contribution in [2.24, 2.45) is 0 Å². The van der Waals surface area contributed by atoms with Crippen molar-refractivity contribution >= 4 is 21.3 Å². The number of aromatic nitrogens is 2. The smallest absolute Gasteiger partial charge is 0.152 e. The molecule has 0 saturated heterocycles. The van der Waals surface area contributed by atoms with Crippen molar-refractivity contribution in [3.63, 3.8) is 0 Å². The molecule has 0 fully saturated rings. The molecule has 1 rings (SSSR count). The zero-order chi connectivity index (χ0) is 10.6. The van der Waals surface area contributed by atoms with E-state index in [9.17, 15) is 8.42 Å². The molecule has 0 unspecified atom stereocenters. The molecule has 7 heteroatoms. The Morgan fingerprint density at radius 1 is 1.57 bits per heavy atom. The van der Waals surface area contributed by atoms with Crippen LogP contribution in [-0.4, -0.2) is 36.9 Å². The number of nitrogens with two attached hydrogens (primary N) is 1. The largest absolute Gasteiger partial charge is 0.394 e. The van der Waals surface area contributed by atoms with Crippen LogP contribution in [0.15, 0.2) is 12.5 Å². The monoisotopic (exact) mass is 216 g/mol. The molecule has 1 aromatic heterocycles. The molecule has 1 heterocycles. The third kappa shape index (κ3) is 3.56. The first-order valence-electron chi connectivity index (χ1n) is 3.96. The third-order valence-corrected chi connectivity index (χ3v) is 2.45. The van der Waals surface area contributed by atoms with Crippen LogP contribution in [0.2, 0.25) is 0 Å². The second-order valence-corrected chi connectivity index (χ2v) is 5.14. The molecule has 1 aromatic rings. The maximum atomic E-state index is 10.8. The molecule has 78 valence electrons. The number of hydrogen-bond donors (Lipinski definition) is 2. The molecule has 0 amide bonds. The van der Waals surface area contributed by atoms with Gasteiger partial charge in [-0.3, -0.25) is 0 Å². The zero-order valence-corrected chi connectivity index (χ0v) is 8.58. The minimum Gasteiger partial charge on any atom is -0.394 e. The number of anilines is 2. The van der Waals surface area contributed by atoms with Gasteiger partial charge in [0.2, 0.25) is 0 Å². The SMILES string of the molecule is CS(=O)(=O)CCNc1ncncc1N. The molecule has 0 spiro atoms. The molecule has 6 nitrogen and oxygen atoms in total. The van der Waals surface area contributed by atoms with Crippen LogP contribution in [0.5, 0.6) is 0 Å². The fourth-order valence-electron chi connectivity index (χ4n) is 0.843. The van der Waals surface area contributed by atoms with Gasteiger partial charge in [-0.1, -0.05) is 0 Å². The van der Waals surface area contributed by atoms with E-state index in [2.05, 4.69) is 15.3 Å². The summed E-state index contributed by atoms with van der Waals surface area (Å²) in [5.74, 6) is 0.514. The maximum Gasteiger partial charge on any atom is 0.152 e. The number of hydrogen-bond acceptors (Lipinski definition) is 6. The normalized spacial score (nSPS) is 11.2. The highest BCUT2D eigenvalue weighted by atomic mass is 32.2. The van der Waals surface area contributed by atoms with Gasteiger partial charge < -0.3 is 11.1 Å². The van der Waals surface area contributed by atoms with Crippen molar-refractivity contribution < 1.29 is 8.42 Å². The average Bonchev–Trinajstić information content (AvgIpc) is 2.06. The lowest BCUT2D eigenvalue weighted by Gasteiger charge is -2.05. The van der Waals surface area contributed by atoms with Crippen molar-refractivity contribution in [2.75, 3.05) is 29.6 Å². The van der Waals surface area contributed by atoms with Crippen LogP contribution in [0.3, 0.4) is 0 Å². The van der Waals surface area contributed by atoms with Gasteiger partial charge in [-0.05, 0) is 0 Å². The van der Waals surface area contributed by atoms with Crippen molar-refractivity contribution in [3.8, 4) is 0 Å². The topological polar surface area (TPSA) is 98.0 Å². The Balaban J connectivity index is 2.51. The van der Waals surface area contributed by atoms with Gasteiger partial charge in [-0.15, -0.1) is 0 Å². The lowest BCUT2D eigenvalue weighted by Crippen LogP contribution is -2.15. The van der Waals surface area contributed by atoms with Crippen LogP contribution in [0.25, 0.3) is 0 Å². The Bertz CT molecular complexity index is 404. The van der Waals surface area contributed by atoms with E-state index >= 15 is 0 Å². The quantitative estimate of drug-likeness (QED) is 0.705. The average molecular weight is 216 g/mol. The number of nitrogens with one attached hydrogen (secondary N) is 1. The van der Waals surface area contributed by atoms with Gasteiger partial charge in [0.1, 0.15) is 16.2 Å². The second kappa shape index (κ2) is 4.23. The van der Waals surface area contributed by atoms with Gasteiger partial charge in [0, 0.05) is 12.8 Å². The van der Waals surface area contributed by atoms with Gasteiger partial charge in [-0.2, -0.15) is 0 Å². The summed E-state index contributed by atoms with van der Waals surface area (Å²) < 4.78 is 21.6. The van der Waals surface area contributed by atoms with E-state index in [0.29, 0.717) is 18.1 Å². The van der Waals surface area contributed by atoms with Crippen molar-refractivity contribution in [1.29, 1.82) is 0 Å². The Morgan fingerprint density at radius 2 is 2.29 bits per heavy atom. The van der Waals surface area contributed by atoms with E-state index < -0.39 is 9.84 Å². The number of nitrogens with zero attached hydrogens (tertiary/aromatic N) is 2. The van der Waals surface area contributed by atoms with Crippen LogP contribution in [0.1, 0.15) is 0 Å². The molecule has 0 aliphatic rings. The molecular formula is C7H12N4O2S. The fraction of sp³-hybridized carbons (Fsp3) is 0.429. The first-order chi connectivity index (χ1) is 6.49. The summed E-state index contributed by atoms with van der Waals surface area (Å²) in [6, 6.07) is 0. The van der Waals surface area contributed by atoms with Crippen LogP contribution in [0, 0.1) is 0 Å². The fourth-order valence-corrected chi connectivity index (χ4v) is 1.32. The Labute approximate surface area is 82.5 Å². The molecule has 0 atom stereocenters. The van der Waals surface area contributed by atoms with E-state index in [1.807, 2.05) is 0 Å². The predicted octanol–water partition coefficient (Wildman–Crippen LogP) is -0.485. The van der Waals surface area contributed by atoms with Crippen LogP contribution in [0.4, 0.5) is 11.5 Å². The highest BCUT2D eigenvalue weighted by molar-refractivity contribution is 7.90. The van der Waals surface area contributed by atoms with Gasteiger partial charge in [0.05, 0.1) is 17.6 Å². The van der Waals surface area contributed by atoms with Crippen LogP contribution >= 0.6 is 0 Å². The van der Waals surface area contributed by atoms with E-state index in [-0.39, 0.29) is 5.75 Å². The molecule has 0 radical (unpaired) electrons. The predicted molar refractivity (Wildman–Crippen MR) is 54.6 cm³/mol. The molecule has 0 bridgehead atoms. The van der Waals surface area contributed by atoms with Crippen LogP contribution in [-0.2, 0) is 9.84 Å². The summed E-state index contributed by atoms with van der Waals surface area (Å²) in [7, 11) is -2.95. The molecule has 0 aliphatic heterocycles. The molecule has 0 aliphatic carbocycles. The number of rotatable bonds is 4. The molecule has 0 aromatic carbocycles. The summed E-state index contributed by atoms with van der Waals surface area (Å²) in [5.41, 5.74) is 5.94. The number of sulfone groups is 1. The molecule has 3 N–H and O–H groups in total. The Morgan fingerprint density at radius 3 is 2.86 bits per heavy atom. The molecule has 0 saturated carbocycles.